The van der Waals surface area contributed by atoms with Gasteiger partial charge in [-0.3, -0.25) is 4.79 Å². The number of allylic oxidation sites excluding steroid dienone is 2. The van der Waals surface area contributed by atoms with Gasteiger partial charge in [0.2, 0.25) is 0 Å². The fraction of sp³-hybridized carbons (Fsp3) is 0.700. The van der Waals surface area contributed by atoms with Gasteiger partial charge in [0.05, 0.1) is 5.41 Å². The Hall–Kier alpha value is -0.790. The zero-order valence-corrected chi connectivity index (χ0v) is 7.92. The van der Waals surface area contributed by atoms with E-state index in [0.717, 1.165) is 12.8 Å². The molecule has 0 saturated heterocycles. The Morgan fingerprint density at radius 3 is 2.58 bits per heavy atom. The van der Waals surface area contributed by atoms with Crippen LogP contribution in [0.2, 0.25) is 0 Å². The van der Waals surface area contributed by atoms with Gasteiger partial charge in [-0.25, -0.2) is 0 Å². The molecule has 0 radical (unpaired) electrons. The maximum absolute atomic E-state index is 10.9. The molecule has 0 heterocycles. The molecule has 0 aromatic carbocycles. The Morgan fingerprint density at radius 2 is 2.25 bits per heavy atom. The van der Waals surface area contributed by atoms with E-state index < -0.39 is 11.4 Å². The fourth-order valence-corrected chi connectivity index (χ4v) is 1.62. The van der Waals surface area contributed by atoms with Crippen LogP contribution in [0.25, 0.3) is 0 Å². The maximum Gasteiger partial charge on any atom is 0.309 e. The van der Waals surface area contributed by atoms with Crippen molar-refractivity contribution in [3.05, 3.63) is 11.6 Å². The Labute approximate surface area is 73.3 Å². The van der Waals surface area contributed by atoms with Crippen molar-refractivity contribution in [2.45, 2.75) is 33.6 Å². The van der Waals surface area contributed by atoms with Gasteiger partial charge >= 0.3 is 5.97 Å². The van der Waals surface area contributed by atoms with Crippen molar-refractivity contribution >= 4 is 5.97 Å². The average molecular weight is 168 g/mol. The van der Waals surface area contributed by atoms with Gasteiger partial charge in [0.1, 0.15) is 0 Å². The van der Waals surface area contributed by atoms with Gasteiger partial charge < -0.3 is 5.11 Å². The molecule has 0 amide bonds. The monoisotopic (exact) mass is 168 g/mol. The molecule has 0 saturated carbocycles. The van der Waals surface area contributed by atoms with Crippen molar-refractivity contribution in [1.82, 2.24) is 0 Å². The van der Waals surface area contributed by atoms with Crippen LogP contribution >= 0.6 is 0 Å². The van der Waals surface area contributed by atoms with Gasteiger partial charge in [-0.15, -0.1) is 0 Å². The molecular weight excluding hydrogens is 152 g/mol. The molecule has 0 fully saturated rings. The fourth-order valence-electron chi connectivity index (χ4n) is 1.62. The van der Waals surface area contributed by atoms with Crippen molar-refractivity contribution in [3.63, 3.8) is 0 Å². The highest BCUT2D eigenvalue weighted by Gasteiger charge is 2.36. The molecule has 1 unspecified atom stereocenters. The summed E-state index contributed by atoms with van der Waals surface area (Å²) in [7, 11) is 0. The lowest BCUT2D eigenvalue weighted by atomic mass is 9.79. The molecule has 0 spiro atoms. The summed E-state index contributed by atoms with van der Waals surface area (Å²) in [6.07, 6.45) is 4.15. The second kappa shape index (κ2) is 2.92. The highest BCUT2D eigenvalue weighted by Crippen LogP contribution is 2.37. The molecule has 0 aromatic rings. The first-order chi connectivity index (χ1) is 5.44. The predicted octanol–water partition coefficient (Wildman–Crippen LogP) is 2.45. The maximum atomic E-state index is 10.9. The lowest BCUT2D eigenvalue weighted by molar-refractivity contribution is -0.149. The van der Waals surface area contributed by atoms with Crippen LogP contribution in [0.5, 0.6) is 0 Å². The molecule has 1 aliphatic rings. The Bertz CT molecular complexity index is 226. The Kier molecular flexibility index (Phi) is 2.27. The van der Waals surface area contributed by atoms with E-state index in [-0.39, 0.29) is 5.92 Å². The van der Waals surface area contributed by atoms with Crippen LogP contribution in [-0.2, 0) is 4.79 Å². The van der Waals surface area contributed by atoms with Crippen LogP contribution in [0.15, 0.2) is 11.6 Å². The minimum Gasteiger partial charge on any atom is -0.481 e. The third-order valence-corrected chi connectivity index (χ3v) is 2.81. The molecule has 0 aliphatic heterocycles. The summed E-state index contributed by atoms with van der Waals surface area (Å²) in [6.45, 7) is 5.67. The van der Waals surface area contributed by atoms with E-state index >= 15 is 0 Å². The number of aliphatic carboxylic acids is 1. The first-order valence-electron chi connectivity index (χ1n) is 4.35. The second-order valence-corrected chi connectivity index (χ2v) is 4.19. The first-order valence-corrected chi connectivity index (χ1v) is 4.35. The molecule has 2 nitrogen and oxygen atoms in total. The molecule has 0 bridgehead atoms. The predicted molar refractivity (Wildman–Crippen MR) is 47.9 cm³/mol. The average Bonchev–Trinajstić information content (AvgIpc) is 2.35. The number of carbonyl (C=O) groups is 1. The zero-order valence-electron chi connectivity index (χ0n) is 7.92. The third-order valence-electron chi connectivity index (χ3n) is 2.81. The van der Waals surface area contributed by atoms with E-state index in [2.05, 4.69) is 13.0 Å². The summed E-state index contributed by atoms with van der Waals surface area (Å²) in [5, 5.41) is 8.96. The molecule has 0 aromatic heterocycles. The van der Waals surface area contributed by atoms with Crippen molar-refractivity contribution in [2.75, 3.05) is 0 Å². The van der Waals surface area contributed by atoms with Crippen molar-refractivity contribution in [2.24, 2.45) is 11.3 Å². The van der Waals surface area contributed by atoms with Crippen LogP contribution in [0.3, 0.4) is 0 Å². The minimum absolute atomic E-state index is 0.218. The van der Waals surface area contributed by atoms with Crippen LogP contribution in [-0.4, -0.2) is 11.1 Å². The third kappa shape index (κ3) is 1.52. The zero-order chi connectivity index (χ0) is 9.35. The van der Waals surface area contributed by atoms with Gasteiger partial charge in [-0.05, 0) is 39.5 Å². The second-order valence-electron chi connectivity index (χ2n) is 4.19. The van der Waals surface area contributed by atoms with E-state index in [1.807, 2.05) is 0 Å². The summed E-state index contributed by atoms with van der Waals surface area (Å²) in [5.74, 6) is -0.478. The topological polar surface area (TPSA) is 37.3 Å². The van der Waals surface area contributed by atoms with E-state index in [1.54, 1.807) is 13.8 Å². The van der Waals surface area contributed by atoms with Crippen LogP contribution in [0, 0.1) is 11.3 Å². The molecule has 1 N–H and O–H groups in total. The van der Waals surface area contributed by atoms with E-state index in [1.165, 1.54) is 5.57 Å². The van der Waals surface area contributed by atoms with E-state index in [0.29, 0.717) is 0 Å². The van der Waals surface area contributed by atoms with Gasteiger partial charge in [0.25, 0.3) is 0 Å². The van der Waals surface area contributed by atoms with Gasteiger partial charge in [-0.1, -0.05) is 11.6 Å². The highest BCUT2D eigenvalue weighted by atomic mass is 16.4. The van der Waals surface area contributed by atoms with E-state index in [9.17, 15) is 4.79 Å². The van der Waals surface area contributed by atoms with Gasteiger partial charge in [0.15, 0.2) is 0 Å². The van der Waals surface area contributed by atoms with Crippen LogP contribution in [0.4, 0.5) is 0 Å². The number of hydrogen-bond donors (Lipinski definition) is 1. The summed E-state index contributed by atoms with van der Waals surface area (Å²) in [4.78, 5) is 10.9. The molecule has 1 aliphatic carbocycles. The lowest BCUT2D eigenvalue weighted by Crippen LogP contribution is -2.30. The largest absolute Gasteiger partial charge is 0.481 e. The standard InChI is InChI=1S/C10H16O2/c1-7-4-5-8(6-7)10(2,3)9(11)12/h6,8H,4-5H2,1-3H3,(H,11,12). The Balaban J connectivity index is 2.77. The number of rotatable bonds is 2. The van der Waals surface area contributed by atoms with Crippen LogP contribution < -0.4 is 0 Å². The van der Waals surface area contributed by atoms with E-state index in [4.69, 9.17) is 5.11 Å². The normalized spacial score (nSPS) is 23.9. The number of carboxylic acids is 1. The minimum atomic E-state index is -0.696. The molecule has 2 heteroatoms. The smallest absolute Gasteiger partial charge is 0.309 e. The van der Waals surface area contributed by atoms with Crippen LogP contribution in [0.1, 0.15) is 33.6 Å². The van der Waals surface area contributed by atoms with Gasteiger partial charge in [-0.2, -0.15) is 0 Å². The summed E-state index contributed by atoms with van der Waals surface area (Å²) in [6, 6.07) is 0. The SMILES string of the molecule is CC1=CC(C(C)(C)C(=O)O)CC1. The molecular formula is C10H16O2. The number of hydrogen-bond acceptors (Lipinski definition) is 1. The summed E-state index contributed by atoms with van der Waals surface area (Å²) in [5.41, 5.74) is 0.729. The lowest BCUT2D eigenvalue weighted by Gasteiger charge is -2.25. The number of carboxylic acid groups (broad SMARTS) is 1. The first kappa shape index (κ1) is 9.30. The van der Waals surface area contributed by atoms with Crippen molar-refractivity contribution < 1.29 is 9.90 Å². The van der Waals surface area contributed by atoms with Gasteiger partial charge in [0, 0.05) is 0 Å². The van der Waals surface area contributed by atoms with Crippen molar-refractivity contribution in [3.8, 4) is 0 Å². The Morgan fingerprint density at radius 1 is 1.67 bits per heavy atom. The molecule has 68 valence electrons. The molecule has 1 rings (SSSR count). The summed E-state index contributed by atoms with van der Waals surface area (Å²) < 4.78 is 0. The summed E-state index contributed by atoms with van der Waals surface area (Å²) >= 11 is 0. The highest BCUT2D eigenvalue weighted by molar-refractivity contribution is 5.74. The molecule has 1 atom stereocenters. The van der Waals surface area contributed by atoms with Crippen molar-refractivity contribution in [1.29, 1.82) is 0 Å². The quantitative estimate of drug-likeness (QED) is 0.643. The molecule has 12 heavy (non-hydrogen) atoms.